The minimum Gasteiger partial charge on any atom is -0.396 e. The summed E-state index contributed by atoms with van der Waals surface area (Å²) in [5.41, 5.74) is 2.46. The van der Waals surface area contributed by atoms with Gasteiger partial charge in [0.2, 0.25) is 0 Å². The van der Waals surface area contributed by atoms with Crippen LogP contribution >= 0.6 is 11.6 Å². The molecular weight excluding hydrogens is 316 g/mol. The standard InChI is InChI=1S/C17H23ClN2O3/c1-3-12-5-6-14(18)13(4-2)15(12)19-16(22)17(23)20-8-7-11(9-20)10-21/h5-6,11,21H,3-4,7-10H2,1-2H3,(H,19,22). The normalized spacial score (nSPS) is 17.4. The van der Waals surface area contributed by atoms with E-state index in [2.05, 4.69) is 5.32 Å². The van der Waals surface area contributed by atoms with E-state index in [1.165, 1.54) is 4.90 Å². The van der Waals surface area contributed by atoms with Crippen LogP contribution in [0.1, 0.15) is 31.4 Å². The molecule has 1 heterocycles. The van der Waals surface area contributed by atoms with Crippen LogP contribution in [0.15, 0.2) is 12.1 Å². The van der Waals surface area contributed by atoms with Crippen molar-refractivity contribution in [2.24, 2.45) is 5.92 Å². The molecule has 6 heteroatoms. The van der Waals surface area contributed by atoms with Crippen LogP contribution in [0.25, 0.3) is 0 Å². The number of amides is 2. The number of likely N-dealkylation sites (tertiary alicyclic amines) is 1. The van der Waals surface area contributed by atoms with E-state index in [1.54, 1.807) is 0 Å². The number of rotatable bonds is 4. The van der Waals surface area contributed by atoms with Crippen molar-refractivity contribution in [3.8, 4) is 0 Å². The Morgan fingerprint density at radius 3 is 2.65 bits per heavy atom. The van der Waals surface area contributed by atoms with Crippen molar-refractivity contribution in [1.29, 1.82) is 0 Å². The summed E-state index contributed by atoms with van der Waals surface area (Å²) in [6.07, 6.45) is 2.14. The third-order valence-corrected chi connectivity index (χ3v) is 4.69. The zero-order valence-electron chi connectivity index (χ0n) is 13.6. The fourth-order valence-electron chi connectivity index (χ4n) is 2.94. The molecule has 0 saturated carbocycles. The summed E-state index contributed by atoms with van der Waals surface area (Å²) >= 11 is 6.21. The molecule has 1 aromatic carbocycles. The maximum atomic E-state index is 12.3. The number of benzene rings is 1. The summed E-state index contributed by atoms with van der Waals surface area (Å²) < 4.78 is 0. The van der Waals surface area contributed by atoms with Gasteiger partial charge in [-0.25, -0.2) is 0 Å². The van der Waals surface area contributed by atoms with Crippen LogP contribution in [-0.2, 0) is 22.4 Å². The lowest BCUT2D eigenvalue weighted by atomic mass is 10.0. The van der Waals surface area contributed by atoms with Gasteiger partial charge in [0.15, 0.2) is 0 Å². The van der Waals surface area contributed by atoms with Crippen LogP contribution in [0.5, 0.6) is 0 Å². The third kappa shape index (κ3) is 3.85. The lowest BCUT2D eigenvalue weighted by Crippen LogP contribution is -2.38. The van der Waals surface area contributed by atoms with E-state index >= 15 is 0 Å². The van der Waals surface area contributed by atoms with Crippen LogP contribution in [0.3, 0.4) is 0 Å². The lowest BCUT2D eigenvalue weighted by molar-refractivity contribution is -0.142. The predicted molar refractivity (Wildman–Crippen MR) is 90.6 cm³/mol. The summed E-state index contributed by atoms with van der Waals surface area (Å²) in [7, 11) is 0. The maximum Gasteiger partial charge on any atom is 0.313 e. The molecule has 1 atom stereocenters. The number of nitrogens with one attached hydrogen (secondary N) is 1. The van der Waals surface area contributed by atoms with Gasteiger partial charge in [-0.3, -0.25) is 9.59 Å². The lowest BCUT2D eigenvalue weighted by Gasteiger charge is -2.19. The predicted octanol–water partition coefficient (Wildman–Crippen LogP) is 2.24. The molecule has 1 aromatic rings. The highest BCUT2D eigenvalue weighted by Gasteiger charge is 2.30. The number of carbonyl (C=O) groups excluding carboxylic acids is 2. The summed E-state index contributed by atoms with van der Waals surface area (Å²) in [5.74, 6) is -1.13. The van der Waals surface area contributed by atoms with Gasteiger partial charge in [0.1, 0.15) is 0 Å². The first kappa shape index (κ1) is 17.8. The molecule has 23 heavy (non-hydrogen) atoms. The molecule has 0 aliphatic carbocycles. The second-order valence-electron chi connectivity index (χ2n) is 5.81. The Morgan fingerprint density at radius 1 is 1.35 bits per heavy atom. The molecule has 1 fully saturated rings. The van der Waals surface area contributed by atoms with Crippen molar-refractivity contribution < 1.29 is 14.7 Å². The molecule has 2 rings (SSSR count). The van der Waals surface area contributed by atoms with Crippen LogP contribution < -0.4 is 5.32 Å². The van der Waals surface area contributed by atoms with Crippen LogP contribution in [0, 0.1) is 5.92 Å². The smallest absolute Gasteiger partial charge is 0.313 e. The average Bonchev–Trinajstić information content (AvgIpc) is 3.03. The highest BCUT2D eigenvalue weighted by molar-refractivity contribution is 6.40. The Labute approximate surface area is 141 Å². The molecule has 0 bridgehead atoms. The summed E-state index contributed by atoms with van der Waals surface area (Å²) in [4.78, 5) is 26.1. The number of halogens is 1. The first-order valence-electron chi connectivity index (χ1n) is 8.03. The largest absolute Gasteiger partial charge is 0.396 e. The Bertz CT molecular complexity index is 604. The molecule has 1 aliphatic heterocycles. The van der Waals surface area contributed by atoms with Gasteiger partial charge in [0.05, 0.1) is 0 Å². The molecule has 0 spiro atoms. The van der Waals surface area contributed by atoms with Crippen molar-refractivity contribution >= 4 is 29.1 Å². The van der Waals surface area contributed by atoms with Crippen molar-refractivity contribution in [2.45, 2.75) is 33.1 Å². The van der Waals surface area contributed by atoms with Crippen LogP contribution in [0.4, 0.5) is 5.69 Å². The van der Waals surface area contributed by atoms with E-state index in [0.717, 1.165) is 24.0 Å². The van der Waals surface area contributed by atoms with E-state index in [0.29, 0.717) is 30.2 Å². The second-order valence-corrected chi connectivity index (χ2v) is 6.22. The van der Waals surface area contributed by atoms with Gasteiger partial charge >= 0.3 is 11.8 Å². The monoisotopic (exact) mass is 338 g/mol. The SMILES string of the molecule is CCc1ccc(Cl)c(CC)c1NC(=O)C(=O)N1CCC(CO)C1. The minimum absolute atomic E-state index is 0.0413. The van der Waals surface area contributed by atoms with E-state index in [1.807, 2.05) is 26.0 Å². The highest BCUT2D eigenvalue weighted by atomic mass is 35.5. The quantitative estimate of drug-likeness (QED) is 0.827. The number of hydrogen-bond donors (Lipinski definition) is 2. The highest BCUT2D eigenvalue weighted by Crippen LogP contribution is 2.29. The molecular formula is C17H23ClN2O3. The van der Waals surface area contributed by atoms with Crippen LogP contribution in [0.2, 0.25) is 5.02 Å². The zero-order valence-corrected chi connectivity index (χ0v) is 14.3. The molecule has 5 nitrogen and oxygen atoms in total. The molecule has 0 radical (unpaired) electrons. The van der Waals surface area contributed by atoms with Crippen molar-refractivity contribution in [3.63, 3.8) is 0 Å². The van der Waals surface area contributed by atoms with E-state index in [4.69, 9.17) is 16.7 Å². The Balaban J connectivity index is 2.17. The second kappa shape index (κ2) is 7.79. The molecule has 1 saturated heterocycles. The number of nitrogens with zero attached hydrogens (tertiary/aromatic N) is 1. The number of carbonyl (C=O) groups is 2. The first-order valence-corrected chi connectivity index (χ1v) is 8.40. The third-order valence-electron chi connectivity index (χ3n) is 4.34. The minimum atomic E-state index is -0.643. The van der Waals surface area contributed by atoms with Crippen molar-refractivity contribution in [1.82, 2.24) is 4.90 Å². The summed E-state index contributed by atoms with van der Waals surface area (Å²) in [5, 5.41) is 12.5. The van der Waals surface area contributed by atoms with E-state index in [-0.39, 0.29) is 12.5 Å². The van der Waals surface area contributed by atoms with Crippen LogP contribution in [-0.4, -0.2) is 41.5 Å². The molecule has 2 N–H and O–H groups in total. The number of anilines is 1. The molecule has 126 valence electrons. The number of aliphatic hydroxyl groups excluding tert-OH is 1. The van der Waals surface area contributed by atoms with Gasteiger partial charge in [-0.05, 0) is 36.5 Å². The number of aryl methyl sites for hydroxylation is 1. The zero-order chi connectivity index (χ0) is 17.0. The first-order chi connectivity index (χ1) is 11.0. The average molecular weight is 339 g/mol. The molecule has 0 aromatic heterocycles. The fraction of sp³-hybridized carbons (Fsp3) is 0.529. The van der Waals surface area contributed by atoms with Gasteiger partial charge in [-0.15, -0.1) is 0 Å². The van der Waals surface area contributed by atoms with Crippen molar-refractivity contribution in [3.05, 3.63) is 28.3 Å². The molecule has 2 amide bonds. The van der Waals surface area contributed by atoms with Gasteiger partial charge in [-0.2, -0.15) is 0 Å². The molecule has 1 aliphatic rings. The number of hydrogen-bond acceptors (Lipinski definition) is 3. The van der Waals surface area contributed by atoms with Gasteiger partial charge in [-0.1, -0.05) is 31.5 Å². The van der Waals surface area contributed by atoms with Crippen molar-refractivity contribution in [2.75, 3.05) is 25.0 Å². The topological polar surface area (TPSA) is 69.6 Å². The van der Waals surface area contributed by atoms with Gasteiger partial charge < -0.3 is 15.3 Å². The molecule has 1 unspecified atom stereocenters. The summed E-state index contributed by atoms with van der Waals surface area (Å²) in [6, 6.07) is 3.70. The Hall–Kier alpha value is -1.59. The van der Waals surface area contributed by atoms with Gasteiger partial charge in [0, 0.05) is 36.3 Å². The maximum absolute atomic E-state index is 12.3. The van der Waals surface area contributed by atoms with E-state index in [9.17, 15) is 9.59 Å². The van der Waals surface area contributed by atoms with Gasteiger partial charge in [0.25, 0.3) is 0 Å². The fourth-order valence-corrected chi connectivity index (χ4v) is 3.23. The number of aliphatic hydroxyl groups is 1. The van der Waals surface area contributed by atoms with E-state index < -0.39 is 11.8 Å². The summed E-state index contributed by atoms with van der Waals surface area (Å²) in [6.45, 7) is 4.93. The Morgan fingerprint density at radius 2 is 2.09 bits per heavy atom. The Kier molecular flexibility index (Phi) is 6.02.